The zero-order chi connectivity index (χ0) is 17.1. The summed E-state index contributed by atoms with van der Waals surface area (Å²) in [5.41, 5.74) is -0.594. The molecule has 1 aliphatic heterocycles. The van der Waals surface area contributed by atoms with Gasteiger partial charge in [-0.05, 0) is 23.9 Å². The molecule has 0 aromatic heterocycles. The molecule has 0 unspecified atom stereocenters. The Bertz CT molecular complexity index is 721. The van der Waals surface area contributed by atoms with Crippen LogP contribution in [0.2, 0.25) is 5.02 Å². The van der Waals surface area contributed by atoms with E-state index in [-0.39, 0.29) is 28.6 Å². The van der Waals surface area contributed by atoms with E-state index in [2.05, 4.69) is 0 Å². The number of nitrogens with zero attached hydrogens (tertiary/aromatic N) is 2. The molecule has 0 bridgehead atoms. The maximum absolute atomic E-state index is 12.2. The van der Waals surface area contributed by atoms with Crippen molar-refractivity contribution < 1.29 is 24.4 Å². The van der Waals surface area contributed by atoms with Gasteiger partial charge in [-0.1, -0.05) is 11.6 Å². The van der Waals surface area contributed by atoms with E-state index in [0.29, 0.717) is 11.8 Å². The summed E-state index contributed by atoms with van der Waals surface area (Å²) < 4.78 is 4.82. The van der Waals surface area contributed by atoms with Gasteiger partial charge in [-0.25, -0.2) is 0 Å². The highest BCUT2D eigenvalue weighted by atomic mass is 35.5. The van der Waals surface area contributed by atoms with Crippen LogP contribution in [0.4, 0.5) is 10.5 Å². The topological polar surface area (TPSA) is 110 Å². The van der Waals surface area contributed by atoms with Crippen LogP contribution >= 0.6 is 23.4 Å². The Balaban J connectivity index is 2.38. The lowest BCUT2D eigenvalue weighted by Crippen LogP contribution is -2.31. The van der Waals surface area contributed by atoms with Crippen molar-refractivity contribution in [3.05, 3.63) is 37.7 Å². The number of carbonyl (C=O) groups is 2. The van der Waals surface area contributed by atoms with Crippen molar-refractivity contribution >= 4 is 46.3 Å². The minimum Gasteiger partial charge on any atom is -0.502 e. The van der Waals surface area contributed by atoms with Crippen LogP contribution < -0.4 is 0 Å². The lowest BCUT2D eigenvalue weighted by atomic mass is 10.1. The number of benzene rings is 1. The van der Waals surface area contributed by atoms with Crippen LogP contribution in [0.25, 0.3) is 6.08 Å². The van der Waals surface area contributed by atoms with E-state index in [9.17, 15) is 24.8 Å². The van der Waals surface area contributed by atoms with Gasteiger partial charge < -0.3 is 9.84 Å². The monoisotopic (exact) mass is 358 g/mol. The van der Waals surface area contributed by atoms with Crippen LogP contribution in [0.5, 0.6) is 5.75 Å². The maximum Gasteiger partial charge on any atom is 0.312 e. The summed E-state index contributed by atoms with van der Waals surface area (Å²) in [6, 6.07) is 2.27. The van der Waals surface area contributed by atoms with Crippen molar-refractivity contribution in [1.82, 2.24) is 4.90 Å². The Morgan fingerprint density at radius 1 is 1.48 bits per heavy atom. The van der Waals surface area contributed by atoms with Gasteiger partial charge in [0, 0.05) is 23.8 Å². The van der Waals surface area contributed by atoms with Gasteiger partial charge in [0.15, 0.2) is 0 Å². The maximum atomic E-state index is 12.2. The number of ether oxygens (including phenoxy) is 1. The molecule has 1 aliphatic rings. The first-order chi connectivity index (χ1) is 10.8. The Hall–Kier alpha value is -2.10. The molecule has 0 radical (unpaired) electrons. The number of hydrogen-bond acceptors (Lipinski definition) is 7. The first-order valence-electron chi connectivity index (χ1n) is 6.26. The Morgan fingerprint density at radius 3 is 2.78 bits per heavy atom. The quantitative estimate of drug-likeness (QED) is 0.489. The molecule has 8 nitrogen and oxygen atoms in total. The molecular formula is C13H11ClN2O6S. The van der Waals surface area contributed by atoms with E-state index in [1.807, 2.05) is 0 Å². The SMILES string of the molecule is COCCN1C(=O)S/C(=C/c2cc(Cl)cc([N+](=O)[O-])c2O)C1=O. The number of imide groups is 1. The predicted octanol–water partition coefficient (Wildman–Crippen LogP) is 2.64. The van der Waals surface area contributed by atoms with E-state index >= 15 is 0 Å². The number of hydrogen-bond donors (Lipinski definition) is 1. The van der Waals surface area contributed by atoms with Crippen molar-refractivity contribution in [3.8, 4) is 5.75 Å². The molecule has 0 atom stereocenters. The molecule has 122 valence electrons. The van der Waals surface area contributed by atoms with Crippen LogP contribution in [0.3, 0.4) is 0 Å². The zero-order valence-electron chi connectivity index (χ0n) is 11.8. The number of amides is 2. The van der Waals surface area contributed by atoms with Crippen LogP contribution in [0.1, 0.15) is 5.56 Å². The molecule has 0 aliphatic carbocycles. The average molecular weight is 359 g/mol. The molecule has 1 aromatic carbocycles. The van der Waals surface area contributed by atoms with Gasteiger partial charge in [-0.2, -0.15) is 0 Å². The van der Waals surface area contributed by atoms with E-state index in [4.69, 9.17) is 16.3 Å². The highest BCUT2D eigenvalue weighted by Crippen LogP contribution is 2.38. The number of halogens is 1. The van der Waals surface area contributed by atoms with E-state index in [1.54, 1.807) is 0 Å². The van der Waals surface area contributed by atoms with Crippen molar-refractivity contribution in [2.24, 2.45) is 0 Å². The number of phenolic OH excluding ortho intramolecular Hbond substituents is 1. The fourth-order valence-corrected chi connectivity index (χ4v) is 2.95. The standard InChI is InChI=1S/C13H11ClN2O6S/c1-22-3-2-15-12(18)10(23-13(15)19)5-7-4-8(14)6-9(11(7)17)16(20)21/h4-6,17H,2-3H2,1H3/b10-5+. The number of rotatable bonds is 5. The lowest BCUT2D eigenvalue weighted by Gasteiger charge is -2.10. The number of carbonyl (C=O) groups excluding carboxylic acids is 2. The lowest BCUT2D eigenvalue weighted by molar-refractivity contribution is -0.385. The number of nitro groups is 1. The van der Waals surface area contributed by atoms with Crippen molar-refractivity contribution in [1.29, 1.82) is 0 Å². The second kappa shape index (κ2) is 6.99. The number of phenols is 1. The third kappa shape index (κ3) is 3.63. The number of methoxy groups -OCH3 is 1. The van der Waals surface area contributed by atoms with Crippen molar-refractivity contribution in [2.45, 2.75) is 0 Å². The molecule has 0 saturated carbocycles. The van der Waals surface area contributed by atoms with Crippen molar-refractivity contribution in [2.75, 3.05) is 20.3 Å². The molecular weight excluding hydrogens is 348 g/mol. The minimum absolute atomic E-state index is 0.0126. The minimum atomic E-state index is -0.789. The number of thioether (sulfide) groups is 1. The molecule has 23 heavy (non-hydrogen) atoms. The molecule has 1 aromatic rings. The average Bonchev–Trinajstić information content (AvgIpc) is 2.74. The molecule has 2 amide bonds. The molecule has 2 rings (SSSR count). The third-order valence-corrected chi connectivity index (χ3v) is 4.09. The second-order valence-corrected chi connectivity index (χ2v) is 5.88. The third-order valence-electron chi connectivity index (χ3n) is 2.96. The van der Waals surface area contributed by atoms with Gasteiger partial charge in [-0.3, -0.25) is 24.6 Å². The van der Waals surface area contributed by atoms with Crippen molar-refractivity contribution in [3.63, 3.8) is 0 Å². The highest BCUT2D eigenvalue weighted by Gasteiger charge is 2.35. The summed E-state index contributed by atoms with van der Waals surface area (Å²) in [5.74, 6) is -1.18. The summed E-state index contributed by atoms with van der Waals surface area (Å²) in [6.45, 7) is 0.291. The van der Waals surface area contributed by atoms with Crippen LogP contribution in [0.15, 0.2) is 17.0 Å². The largest absolute Gasteiger partial charge is 0.502 e. The van der Waals surface area contributed by atoms with Gasteiger partial charge in [-0.15, -0.1) is 0 Å². The van der Waals surface area contributed by atoms with E-state index < -0.39 is 27.5 Å². The summed E-state index contributed by atoms with van der Waals surface area (Å²) in [4.78, 5) is 35.1. The number of nitro benzene ring substituents is 1. The smallest absolute Gasteiger partial charge is 0.312 e. The first-order valence-corrected chi connectivity index (χ1v) is 7.45. The van der Waals surface area contributed by atoms with Gasteiger partial charge in [0.25, 0.3) is 11.1 Å². The van der Waals surface area contributed by atoms with Crippen LogP contribution in [-0.4, -0.2) is 46.3 Å². The van der Waals surface area contributed by atoms with Gasteiger partial charge in [0.05, 0.1) is 23.0 Å². The Labute approximate surface area is 139 Å². The second-order valence-electron chi connectivity index (χ2n) is 4.45. The van der Waals surface area contributed by atoms with E-state index in [0.717, 1.165) is 11.0 Å². The molecule has 10 heteroatoms. The Morgan fingerprint density at radius 2 is 2.17 bits per heavy atom. The van der Waals surface area contributed by atoms with Gasteiger partial charge >= 0.3 is 5.69 Å². The zero-order valence-corrected chi connectivity index (χ0v) is 13.4. The van der Waals surface area contributed by atoms with Gasteiger partial charge in [0.2, 0.25) is 5.75 Å². The van der Waals surface area contributed by atoms with Crippen LogP contribution in [0, 0.1) is 10.1 Å². The summed E-state index contributed by atoms with van der Waals surface area (Å²) in [7, 11) is 1.44. The fraction of sp³-hybridized carbons (Fsp3) is 0.231. The fourth-order valence-electron chi connectivity index (χ4n) is 1.87. The summed E-state index contributed by atoms with van der Waals surface area (Å²) in [6.07, 6.45) is 1.20. The van der Waals surface area contributed by atoms with Gasteiger partial charge in [0.1, 0.15) is 0 Å². The molecule has 1 saturated heterocycles. The number of aromatic hydroxyl groups is 1. The molecule has 1 fully saturated rings. The molecule has 1 N–H and O–H groups in total. The first kappa shape index (κ1) is 17.3. The summed E-state index contributed by atoms with van der Waals surface area (Å²) >= 11 is 6.46. The van der Waals surface area contributed by atoms with E-state index in [1.165, 1.54) is 19.3 Å². The van der Waals surface area contributed by atoms with Crippen LogP contribution in [-0.2, 0) is 9.53 Å². The predicted molar refractivity (Wildman–Crippen MR) is 84.3 cm³/mol. The molecule has 1 heterocycles. The highest BCUT2D eigenvalue weighted by molar-refractivity contribution is 8.18. The normalized spacial score (nSPS) is 16.4. The Kier molecular flexibility index (Phi) is 5.24. The molecule has 0 spiro atoms. The summed E-state index contributed by atoms with van der Waals surface area (Å²) in [5, 5.41) is 20.3.